The van der Waals surface area contributed by atoms with E-state index in [1.165, 1.54) is 0 Å². The van der Waals surface area contributed by atoms with E-state index >= 15 is 0 Å². The summed E-state index contributed by atoms with van der Waals surface area (Å²) in [4.78, 5) is 17.1. The smallest absolute Gasteiger partial charge is 0.338 e. The first kappa shape index (κ1) is 14.1. The number of rotatable bonds is 2. The third-order valence-corrected chi connectivity index (χ3v) is 4.71. The van der Waals surface area contributed by atoms with E-state index in [2.05, 4.69) is 14.9 Å². The van der Waals surface area contributed by atoms with Crippen molar-refractivity contribution in [3.05, 3.63) is 65.4 Å². The largest absolute Gasteiger partial charge is 0.497 e. The van der Waals surface area contributed by atoms with Crippen LogP contribution in [0.2, 0.25) is 0 Å². The second-order valence-electron chi connectivity index (χ2n) is 6.06. The molecule has 0 saturated heterocycles. The van der Waals surface area contributed by atoms with Gasteiger partial charge in [0.15, 0.2) is 0 Å². The molecule has 3 heterocycles. The topological polar surface area (TPSA) is 65.4 Å². The second kappa shape index (κ2) is 5.11. The molecule has 0 saturated carbocycles. The van der Waals surface area contributed by atoms with Crippen molar-refractivity contribution < 1.29 is 14.3 Å². The molecule has 1 N–H and O–H groups in total. The molecule has 2 aliphatic heterocycles. The lowest BCUT2D eigenvalue weighted by Gasteiger charge is -2.27. The molecule has 0 bridgehead atoms. The van der Waals surface area contributed by atoms with E-state index in [0.29, 0.717) is 5.57 Å². The molecule has 25 heavy (non-hydrogen) atoms. The van der Waals surface area contributed by atoms with Gasteiger partial charge in [0.25, 0.3) is 0 Å². The normalized spacial score (nSPS) is 18.6. The second-order valence-corrected chi connectivity index (χ2v) is 6.06. The fourth-order valence-electron chi connectivity index (χ4n) is 3.56. The maximum atomic E-state index is 12.4. The van der Waals surface area contributed by atoms with E-state index in [0.717, 1.165) is 34.0 Å². The third-order valence-electron chi connectivity index (χ3n) is 4.71. The number of fused-ring (bicyclic) bond motifs is 3. The molecular formula is C19H15N3O3. The van der Waals surface area contributed by atoms with E-state index in [1.807, 2.05) is 48.5 Å². The van der Waals surface area contributed by atoms with Crippen LogP contribution in [-0.2, 0) is 9.53 Å². The summed E-state index contributed by atoms with van der Waals surface area (Å²) >= 11 is 0. The Hall–Kier alpha value is -3.28. The lowest BCUT2D eigenvalue weighted by molar-refractivity contribution is -0.136. The number of hydrogen-bond donors (Lipinski definition) is 1. The first-order chi connectivity index (χ1) is 12.3. The van der Waals surface area contributed by atoms with E-state index in [4.69, 9.17) is 9.47 Å². The van der Waals surface area contributed by atoms with Crippen LogP contribution in [0.25, 0.3) is 11.0 Å². The predicted molar refractivity (Wildman–Crippen MR) is 92.5 cm³/mol. The number of aromatic nitrogens is 2. The molecule has 1 aromatic heterocycles. The number of nitrogens with one attached hydrogen (secondary N) is 1. The number of esters is 1. The molecule has 0 spiro atoms. The highest BCUT2D eigenvalue weighted by atomic mass is 16.5. The van der Waals surface area contributed by atoms with Crippen molar-refractivity contribution in [1.29, 1.82) is 0 Å². The van der Waals surface area contributed by atoms with Gasteiger partial charge >= 0.3 is 5.97 Å². The van der Waals surface area contributed by atoms with Gasteiger partial charge in [-0.05, 0) is 29.8 Å². The Labute approximate surface area is 143 Å². The molecule has 3 aromatic rings. The van der Waals surface area contributed by atoms with E-state index in [-0.39, 0.29) is 18.6 Å². The molecule has 124 valence electrons. The van der Waals surface area contributed by atoms with Gasteiger partial charge < -0.3 is 14.8 Å². The Morgan fingerprint density at radius 3 is 2.80 bits per heavy atom. The highest BCUT2D eigenvalue weighted by molar-refractivity contribution is 5.96. The minimum absolute atomic E-state index is 0.254. The zero-order valence-electron chi connectivity index (χ0n) is 13.5. The summed E-state index contributed by atoms with van der Waals surface area (Å²) in [5.74, 6) is 1.21. The van der Waals surface area contributed by atoms with Gasteiger partial charge in [-0.25, -0.2) is 9.78 Å². The van der Waals surface area contributed by atoms with Crippen LogP contribution >= 0.6 is 0 Å². The molecule has 5 rings (SSSR count). The Kier molecular flexibility index (Phi) is 2.88. The van der Waals surface area contributed by atoms with Crippen molar-refractivity contribution >= 4 is 23.0 Å². The number of nitrogens with zero attached hydrogens (tertiary/aromatic N) is 2. The molecule has 1 unspecified atom stereocenters. The van der Waals surface area contributed by atoms with Crippen LogP contribution in [0.15, 0.2) is 59.8 Å². The van der Waals surface area contributed by atoms with Crippen LogP contribution < -0.4 is 10.1 Å². The van der Waals surface area contributed by atoms with Crippen molar-refractivity contribution in [3.63, 3.8) is 0 Å². The number of methoxy groups -OCH3 is 1. The highest BCUT2D eigenvalue weighted by Gasteiger charge is 2.39. The van der Waals surface area contributed by atoms with Crippen LogP contribution in [0.4, 0.5) is 5.95 Å². The van der Waals surface area contributed by atoms with Gasteiger partial charge in [-0.2, -0.15) is 0 Å². The number of imidazole rings is 1. The standard InChI is InChI=1S/C19H15N3O3/c1-24-12-8-6-11(7-9-12)17-16-14(10-25-18(16)23)21-19-20-13-4-2-3-5-15(13)22(17)19/h2-9,17H,10H2,1H3,(H,20,21). The number of anilines is 1. The van der Waals surface area contributed by atoms with Gasteiger partial charge in [-0.3, -0.25) is 4.57 Å². The first-order valence-corrected chi connectivity index (χ1v) is 8.04. The average Bonchev–Trinajstić information content (AvgIpc) is 3.20. The molecule has 2 aromatic carbocycles. The Morgan fingerprint density at radius 1 is 1.20 bits per heavy atom. The van der Waals surface area contributed by atoms with Crippen LogP contribution in [0.5, 0.6) is 5.75 Å². The van der Waals surface area contributed by atoms with Gasteiger partial charge in [-0.1, -0.05) is 24.3 Å². The van der Waals surface area contributed by atoms with Crippen molar-refractivity contribution in [2.45, 2.75) is 6.04 Å². The van der Waals surface area contributed by atoms with Gasteiger partial charge in [0.2, 0.25) is 5.95 Å². The van der Waals surface area contributed by atoms with Gasteiger partial charge in [-0.15, -0.1) is 0 Å². The Morgan fingerprint density at radius 2 is 2.00 bits per heavy atom. The number of benzene rings is 2. The number of cyclic esters (lactones) is 1. The molecule has 2 aliphatic rings. The van der Waals surface area contributed by atoms with Crippen molar-refractivity contribution in [2.75, 3.05) is 19.0 Å². The fourth-order valence-corrected chi connectivity index (χ4v) is 3.56. The SMILES string of the molecule is COc1ccc(C2C3=C(COC3=O)Nc3nc4ccccc4n32)cc1. The van der Waals surface area contributed by atoms with Gasteiger partial charge in [0.1, 0.15) is 12.4 Å². The maximum Gasteiger partial charge on any atom is 0.338 e. The quantitative estimate of drug-likeness (QED) is 0.731. The molecular weight excluding hydrogens is 318 g/mol. The molecule has 0 radical (unpaired) electrons. The number of hydrogen-bond acceptors (Lipinski definition) is 5. The monoisotopic (exact) mass is 333 g/mol. The molecule has 0 aliphatic carbocycles. The minimum atomic E-state index is -0.285. The third kappa shape index (κ3) is 1.97. The Balaban J connectivity index is 1.77. The lowest BCUT2D eigenvalue weighted by atomic mass is 9.96. The zero-order valence-corrected chi connectivity index (χ0v) is 13.5. The summed E-state index contributed by atoms with van der Waals surface area (Å²) in [6.07, 6.45) is 0. The van der Waals surface area contributed by atoms with Crippen molar-refractivity contribution in [1.82, 2.24) is 9.55 Å². The number of carbonyl (C=O) groups excluding carboxylic acids is 1. The first-order valence-electron chi connectivity index (χ1n) is 8.04. The summed E-state index contributed by atoms with van der Waals surface area (Å²) in [7, 11) is 1.63. The van der Waals surface area contributed by atoms with Gasteiger partial charge in [0, 0.05) is 0 Å². The highest BCUT2D eigenvalue weighted by Crippen LogP contribution is 2.41. The summed E-state index contributed by atoms with van der Waals surface area (Å²) in [5, 5.41) is 3.26. The van der Waals surface area contributed by atoms with Crippen molar-refractivity contribution in [2.24, 2.45) is 0 Å². The Bertz CT molecular complexity index is 1030. The number of para-hydroxylation sites is 2. The molecule has 6 nitrogen and oxygen atoms in total. The van der Waals surface area contributed by atoms with Crippen LogP contribution in [-0.4, -0.2) is 29.2 Å². The average molecular weight is 333 g/mol. The maximum absolute atomic E-state index is 12.4. The number of ether oxygens (including phenoxy) is 2. The zero-order chi connectivity index (χ0) is 17.0. The fraction of sp³-hybridized carbons (Fsp3) is 0.158. The molecule has 1 atom stereocenters. The summed E-state index contributed by atoms with van der Waals surface area (Å²) in [6.45, 7) is 0.254. The predicted octanol–water partition coefficient (Wildman–Crippen LogP) is 2.87. The molecule has 0 fully saturated rings. The van der Waals surface area contributed by atoms with E-state index < -0.39 is 0 Å². The van der Waals surface area contributed by atoms with Crippen LogP contribution in [0, 0.1) is 0 Å². The van der Waals surface area contributed by atoms with Gasteiger partial charge in [0.05, 0.1) is 35.5 Å². The summed E-state index contributed by atoms with van der Waals surface area (Å²) in [6, 6.07) is 15.4. The summed E-state index contributed by atoms with van der Waals surface area (Å²) < 4.78 is 12.6. The van der Waals surface area contributed by atoms with Crippen LogP contribution in [0.3, 0.4) is 0 Å². The van der Waals surface area contributed by atoms with E-state index in [1.54, 1.807) is 7.11 Å². The van der Waals surface area contributed by atoms with Crippen LogP contribution in [0.1, 0.15) is 11.6 Å². The summed E-state index contributed by atoms with van der Waals surface area (Å²) in [5.41, 5.74) is 4.27. The lowest BCUT2D eigenvalue weighted by Crippen LogP contribution is -2.25. The van der Waals surface area contributed by atoms with E-state index in [9.17, 15) is 4.79 Å². The van der Waals surface area contributed by atoms with Crippen molar-refractivity contribution in [3.8, 4) is 5.75 Å². The molecule has 0 amide bonds. The molecule has 6 heteroatoms. The minimum Gasteiger partial charge on any atom is -0.497 e. The number of carbonyl (C=O) groups is 1.